The van der Waals surface area contributed by atoms with Crippen LogP contribution in [0.15, 0.2) is 64.5 Å². The average Bonchev–Trinajstić information content (AvgIpc) is 3.59. The highest BCUT2D eigenvalue weighted by atomic mass is 32.2. The number of fused-ring (bicyclic) bond motifs is 1. The normalized spacial score (nSPS) is 14.1. The van der Waals surface area contributed by atoms with Gasteiger partial charge >= 0.3 is 5.69 Å². The van der Waals surface area contributed by atoms with Gasteiger partial charge in [-0.15, -0.1) is 10.2 Å². The first-order chi connectivity index (χ1) is 17.2. The third kappa shape index (κ3) is 5.67. The van der Waals surface area contributed by atoms with E-state index in [2.05, 4.69) is 37.2 Å². The number of imidazole rings is 1. The molecule has 1 fully saturated rings. The molecular formula is C26H30N6O2S. The average molecular weight is 491 g/mol. The van der Waals surface area contributed by atoms with Gasteiger partial charge in [0, 0.05) is 12.6 Å². The number of amides is 1. The molecule has 182 valence electrons. The first kappa shape index (κ1) is 23.4. The number of nitrogens with one attached hydrogen (secondary N) is 2. The van der Waals surface area contributed by atoms with Crippen molar-refractivity contribution in [1.29, 1.82) is 0 Å². The fraction of sp³-hybridized carbons (Fsp3) is 0.385. The number of aryl methyl sites for hydroxylation is 1. The Hall–Kier alpha value is -3.33. The Morgan fingerprint density at radius 3 is 2.63 bits per heavy atom. The second kappa shape index (κ2) is 10.9. The zero-order valence-corrected chi connectivity index (χ0v) is 20.5. The first-order valence-electron chi connectivity index (χ1n) is 12.2. The molecule has 0 aliphatic heterocycles. The largest absolute Gasteiger partial charge is 0.353 e. The predicted molar refractivity (Wildman–Crippen MR) is 138 cm³/mol. The van der Waals surface area contributed by atoms with Gasteiger partial charge in [-0.25, -0.2) is 4.79 Å². The smallest absolute Gasteiger partial charge is 0.326 e. The standard InChI is InChI=1S/C26H30N6O2S/c33-24(27-20-12-4-5-13-20)18-35-26-30-29-23(31(26)16-8-11-19-9-2-1-3-10-19)17-32-22-15-7-6-14-21(22)28-25(32)34/h1-3,6-7,9-10,14-15,20H,4-5,8,11-13,16-18H2,(H,27,33)(H,28,34). The number of aromatic nitrogens is 5. The summed E-state index contributed by atoms with van der Waals surface area (Å²) in [5.74, 6) is 1.05. The van der Waals surface area contributed by atoms with Crippen molar-refractivity contribution >= 4 is 28.7 Å². The summed E-state index contributed by atoms with van der Waals surface area (Å²) in [7, 11) is 0. The van der Waals surface area contributed by atoms with E-state index in [1.807, 2.05) is 42.5 Å². The third-order valence-corrected chi connectivity index (χ3v) is 7.48. The van der Waals surface area contributed by atoms with Gasteiger partial charge in [0.25, 0.3) is 0 Å². The molecule has 8 nitrogen and oxygen atoms in total. The molecule has 0 unspecified atom stereocenters. The van der Waals surface area contributed by atoms with Crippen LogP contribution in [0.25, 0.3) is 11.0 Å². The van der Waals surface area contributed by atoms with E-state index in [1.165, 1.54) is 30.2 Å². The lowest BCUT2D eigenvalue weighted by Gasteiger charge is -2.13. The summed E-state index contributed by atoms with van der Waals surface area (Å²) in [6.45, 7) is 1.02. The first-order valence-corrected chi connectivity index (χ1v) is 13.2. The number of hydrogen-bond acceptors (Lipinski definition) is 5. The van der Waals surface area contributed by atoms with E-state index in [0.717, 1.165) is 36.7 Å². The molecular weight excluding hydrogens is 460 g/mol. The number of para-hydroxylation sites is 2. The van der Waals surface area contributed by atoms with Gasteiger partial charge in [0.2, 0.25) is 5.91 Å². The number of nitrogens with zero attached hydrogens (tertiary/aromatic N) is 4. The lowest BCUT2D eigenvalue weighted by Crippen LogP contribution is -2.33. The Kier molecular flexibility index (Phi) is 7.32. The van der Waals surface area contributed by atoms with Crippen molar-refractivity contribution in [2.75, 3.05) is 5.75 Å². The van der Waals surface area contributed by atoms with Crippen LogP contribution in [0.5, 0.6) is 0 Å². The molecule has 1 aliphatic carbocycles. The van der Waals surface area contributed by atoms with Gasteiger partial charge in [-0.1, -0.05) is 67.1 Å². The Bertz CT molecular complexity index is 1340. The second-order valence-electron chi connectivity index (χ2n) is 9.01. The Morgan fingerprint density at radius 1 is 1.03 bits per heavy atom. The Labute approximate surface area is 208 Å². The van der Waals surface area contributed by atoms with Crippen LogP contribution >= 0.6 is 11.8 Å². The molecule has 1 aliphatic rings. The molecule has 2 aromatic carbocycles. The van der Waals surface area contributed by atoms with Crippen LogP contribution in [0.3, 0.4) is 0 Å². The maximum atomic E-state index is 12.6. The lowest BCUT2D eigenvalue weighted by molar-refractivity contribution is -0.119. The molecule has 1 saturated carbocycles. The quantitative estimate of drug-likeness (QED) is 0.330. The molecule has 35 heavy (non-hydrogen) atoms. The SMILES string of the molecule is O=C(CSc1nnc(Cn2c(=O)[nH]c3ccccc32)n1CCCc1ccccc1)NC1CCCC1. The van der Waals surface area contributed by atoms with Crippen molar-refractivity contribution in [2.45, 2.75) is 62.8 Å². The number of H-pyrrole nitrogens is 1. The topological polar surface area (TPSA) is 97.6 Å². The predicted octanol–water partition coefficient (Wildman–Crippen LogP) is 3.75. The van der Waals surface area contributed by atoms with E-state index >= 15 is 0 Å². The van der Waals surface area contributed by atoms with Gasteiger partial charge < -0.3 is 14.9 Å². The molecule has 2 N–H and O–H groups in total. The highest BCUT2D eigenvalue weighted by molar-refractivity contribution is 7.99. The maximum absolute atomic E-state index is 12.6. The van der Waals surface area contributed by atoms with Gasteiger partial charge in [0.05, 0.1) is 23.3 Å². The van der Waals surface area contributed by atoms with E-state index < -0.39 is 0 Å². The third-order valence-electron chi connectivity index (χ3n) is 6.52. The van der Waals surface area contributed by atoms with Crippen molar-refractivity contribution in [3.05, 3.63) is 76.5 Å². The van der Waals surface area contributed by atoms with Crippen LogP contribution in [0.4, 0.5) is 0 Å². The summed E-state index contributed by atoms with van der Waals surface area (Å²) in [6, 6.07) is 18.3. The van der Waals surface area contributed by atoms with Gasteiger partial charge in [0.1, 0.15) is 0 Å². The Morgan fingerprint density at radius 2 is 1.80 bits per heavy atom. The lowest BCUT2D eigenvalue weighted by atomic mass is 10.1. The molecule has 0 saturated heterocycles. The van der Waals surface area contributed by atoms with Crippen molar-refractivity contribution in [2.24, 2.45) is 0 Å². The van der Waals surface area contributed by atoms with Crippen LogP contribution in [-0.4, -0.2) is 42.0 Å². The van der Waals surface area contributed by atoms with Gasteiger partial charge in [-0.05, 0) is 43.4 Å². The van der Waals surface area contributed by atoms with Crippen LogP contribution in [-0.2, 0) is 24.3 Å². The van der Waals surface area contributed by atoms with Gasteiger partial charge in [-0.3, -0.25) is 9.36 Å². The van der Waals surface area contributed by atoms with Crippen molar-refractivity contribution in [3.8, 4) is 0 Å². The molecule has 0 radical (unpaired) electrons. The summed E-state index contributed by atoms with van der Waals surface area (Å²) in [5.41, 5.74) is 2.74. The number of aromatic amines is 1. The minimum atomic E-state index is -0.171. The van der Waals surface area contributed by atoms with Crippen molar-refractivity contribution < 1.29 is 4.79 Å². The maximum Gasteiger partial charge on any atom is 0.326 e. The summed E-state index contributed by atoms with van der Waals surface area (Å²) in [6.07, 6.45) is 6.33. The fourth-order valence-electron chi connectivity index (χ4n) is 4.73. The van der Waals surface area contributed by atoms with Crippen LogP contribution in [0, 0.1) is 0 Å². The number of hydrogen-bond donors (Lipinski definition) is 2. The van der Waals surface area contributed by atoms with E-state index in [1.54, 1.807) is 4.57 Å². The molecule has 2 heterocycles. The minimum Gasteiger partial charge on any atom is -0.353 e. The number of thioether (sulfide) groups is 1. The van der Waals surface area contributed by atoms with Crippen LogP contribution in [0.1, 0.15) is 43.5 Å². The van der Waals surface area contributed by atoms with E-state index in [0.29, 0.717) is 35.9 Å². The molecule has 1 amide bonds. The zero-order valence-electron chi connectivity index (χ0n) is 19.7. The fourth-order valence-corrected chi connectivity index (χ4v) is 5.52. The molecule has 0 spiro atoms. The summed E-state index contributed by atoms with van der Waals surface area (Å²) < 4.78 is 3.75. The highest BCUT2D eigenvalue weighted by Crippen LogP contribution is 2.21. The molecule has 9 heteroatoms. The molecule has 0 bridgehead atoms. The molecule has 0 atom stereocenters. The number of rotatable bonds is 10. The second-order valence-corrected chi connectivity index (χ2v) is 9.95. The molecule has 2 aromatic heterocycles. The van der Waals surface area contributed by atoms with Gasteiger partial charge in [-0.2, -0.15) is 0 Å². The highest BCUT2D eigenvalue weighted by Gasteiger charge is 2.19. The van der Waals surface area contributed by atoms with Crippen LogP contribution < -0.4 is 11.0 Å². The van der Waals surface area contributed by atoms with E-state index in [9.17, 15) is 9.59 Å². The summed E-state index contributed by atoms with van der Waals surface area (Å²) in [5, 5.41) is 12.7. The Balaban J connectivity index is 1.33. The monoisotopic (exact) mass is 490 g/mol. The van der Waals surface area contributed by atoms with E-state index in [-0.39, 0.29) is 11.6 Å². The summed E-state index contributed by atoms with van der Waals surface area (Å²) in [4.78, 5) is 28.0. The summed E-state index contributed by atoms with van der Waals surface area (Å²) >= 11 is 1.41. The molecule has 5 rings (SSSR count). The van der Waals surface area contributed by atoms with Crippen molar-refractivity contribution in [3.63, 3.8) is 0 Å². The van der Waals surface area contributed by atoms with Crippen molar-refractivity contribution in [1.82, 2.24) is 29.6 Å². The number of carbonyl (C=O) groups excluding carboxylic acids is 1. The minimum absolute atomic E-state index is 0.0372. The van der Waals surface area contributed by atoms with Crippen LogP contribution in [0.2, 0.25) is 0 Å². The van der Waals surface area contributed by atoms with Gasteiger partial charge in [0.15, 0.2) is 11.0 Å². The number of benzene rings is 2. The number of carbonyl (C=O) groups is 1. The van der Waals surface area contributed by atoms with E-state index in [4.69, 9.17) is 0 Å². The molecule has 4 aromatic rings. The zero-order chi connectivity index (χ0) is 24.0.